The number of anilines is 3. The van der Waals surface area contributed by atoms with Gasteiger partial charge in [-0.2, -0.15) is 5.10 Å². The molecule has 1 aliphatic rings. The Morgan fingerprint density at radius 2 is 1.97 bits per heavy atom. The number of benzene rings is 1. The second kappa shape index (κ2) is 10.6. The van der Waals surface area contributed by atoms with Crippen molar-refractivity contribution in [2.75, 3.05) is 34.6 Å². The van der Waals surface area contributed by atoms with Gasteiger partial charge >= 0.3 is 6.09 Å². The predicted octanol–water partition coefficient (Wildman–Crippen LogP) is 2.77. The molecule has 0 aliphatic carbocycles. The number of fused-ring (bicyclic) bond motifs is 1. The number of amides is 2. The maximum absolute atomic E-state index is 14.0. The zero-order chi connectivity index (χ0) is 26.7. The lowest BCUT2D eigenvalue weighted by Gasteiger charge is -2.35. The van der Waals surface area contributed by atoms with Crippen LogP contribution in [0.25, 0.3) is 0 Å². The SMILES string of the molecule is CCNc1nn(CC)cc1S(=O)(=O)N1CC(CNC(C)=O)Oc2ccc(NC(=O)OC(C)(C)C)cc21. The molecular weight excluding hydrogens is 488 g/mol. The highest BCUT2D eigenvalue weighted by Gasteiger charge is 2.37. The van der Waals surface area contributed by atoms with Crippen molar-refractivity contribution in [1.82, 2.24) is 15.1 Å². The fourth-order valence-corrected chi connectivity index (χ4v) is 5.18. The molecule has 1 aliphatic heterocycles. The highest BCUT2D eigenvalue weighted by atomic mass is 32.2. The van der Waals surface area contributed by atoms with E-state index in [-0.39, 0.29) is 35.4 Å². The third-order valence-corrected chi connectivity index (χ3v) is 6.86. The Balaban J connectivity index is 2.03. The summed E-state index contributed by atoms with van der Waals surface area (Å²) in [6.07, 6.45) is 0.175. The fourth-order valence-electron chi connectivity index (χ4n) is 3.57. The smallest absolute Gasteiger partial charge is 0.412 e. The quantitative estimate of drug-likeness (QED) is 0.480. The van der Waals surface area contributed by atoms with Crippen LogP contribution in [0.2, 0.25) is 0 Å². The highest BCUT2D eigenvalue weighted by molar-refractivity contribution is 7.93. The molecule has 3 N–H and O–H groups in total. The molecule has 12 nitrogen and oxygen atoms in total. The molecule has 3 rings (SSSR count). The van der Waals surface area contributed by atoms with Gasteiger partial charge in [-0.05, 0) is 52.8 Å². The van der Waals surface area contributed by atoms with E-state index in [1.807, 2.05) is 13.8 Å². The van der Waals surface area contributed by atoms with E-state index in [4.69, 9.17) is 9.47 Å². The van der Waals surface area contributed by atoms with Crippen molar-refractivity contribution in [3.05, 3.63) is 24.4 Å². The Labute approximate surface area is 211 Å². The Bertz CT molecular complexity index is 1220. The zero-order valence-electron chi connectivity index (χ0n) is 21.4. The number of sulfonamides is 1. The lowest BCUT2D eigenvalue weighted by Crippen LogP contribution is -2.48. The van der Waals surface area contributed by atoms with Gasteiger partial charge in [0.15, 0.2) is 5.82 Å². The summed E-state index contributed by atoms with van der Waals surface area (Å²) in [5, 5.41) is 12.7. The maximum Gasteiger partial charge on any atom is 0.412 e. The van der Waals surface area contributed by atoms with Gasteiger partial charge in [-0.15, -0.1) is 0 Å². The van der Waals surface area contributed by atoms with E-state index >= 15 is 0 Å². The number of carbonyl (C=O) groups is 2. The monoisotopic (exact) mass is 522 g/mol. The summed E-state index contributed by atoms with van der Waals surface area (Å²) in [6.45, 7) is 11.4. The van der Waals surface area contributed by atoms with Gasteiger partial charge in [-0.3, -0.25) is 19.1 Å². The second-order valence-electron chi connectivity index (χ2n) is 9.25. The van der Waals surface area contributed by atoms with Crippen LogP contribution in [0.3, 0.4) is 0 Å². The van der Waals surface area contributed by atoms with Crippen molar-refractivity contribution in [3.63, 3.8) is 0 Å². The first kappa shape index (κ1) is 27.1. The molecule has 2 heterocycles. The van der Waals surface area contributed by atoms with Gasteiger partial charge in [0.25, 0.3) is 10.0 Å². The number of hydrogen-bond acceptors (Lipinski definition) is 8. The van der Waals surface area contributed by atoms with Gasteiger partial charge in [0.1, 0.15) is 22.4 Å². The Kier molecular flexibility index (Phi) is 8.02. The first-order valence-corrected chi connectivity index (χ1v) is 13.2. The third-order valence-electron chi connectivity index (χ3n) is 5.08. The summed E-state index contributed by atoms with van der Waals surface area (Å²) in [7, 11) is -4.11. The van der Waals surface area contributed by atoms with Crippen LogP contribution in [0.4, 0.5) is 22.0 Å². The Morgan fingerprint density at radius 3 is 2.58 bits per heavy atom. The molecule has 0 spiro atoms. The van der Waals surface area contributed by atoms with Gasteiger partial charge in [0.2, 0.25) is 5.91 Å². The number of rotatable bonds is 8. The zero-order valence-corrected chi connectivity index (χ0v) is 22.2. The summed E-state index contributed by atoms with van der Waals surface area (Å²) < 4.78 is 42.0. The Morgan fingerprint density at radius 1 is 1.25 bits per heavy atom. The number of aryl methyl sites for hydroxylation is 1. The van der Waals surface area contributed by atoms with Gasteiger partial charge < -0.3 is 20.1 Å². The molecule has 1 aromatic carbocycles. The molecule has 0 fully saturated rings. The van der Waals surface area contributed by atoms with Crippen molar-refractivity contribution in [1.29, 1.82) is 0 Å². The van der Waals surface area contributed by atoms with E-state index in [0.717, 1.165) is 0 Å². The Hall–Kier alpha value is -3.48. The van der Waals surface area contributed by atoms with E-state index in [1.165, 1.54) is 23.5 Å². The van der Waals surface area contributed by atoms with Crippen LogP contribution in [0.1, 0.15) is 41.5 Å². The molecule has 0 saturated heterocycles. The van der Waals surface area contributed by atoms with Gasteiger partial charge in [-0.25, -0.2) is 13.2 Å². The lowest BCUT2D eigenvalue weighted by molar-refractivity contribution is -0.119. The molecular formula is C23H34N6O6S. The highest BCUT2D eigenvalue weighted by Crippen LogP contribution is 2.40. The average Bonchev–Trinajstić information content (AvgIpc) is 3.20. The average molecular weight is 523 g/mol. The fraction of sp³-hybridized carbons (Fsp3) is 0.522. The van der Waals surface area contributed by atoms with Gasteiger partial charge in [0, 0.05) is 31.9 Å². The van der Waals surface area contributed by atoms with Gasteiger partial charge in [0.05, 0.1) is 18.8 Å². The minimum absolute atomic E-state index is 0.0165. The standard InChI is InChI=1S/C23H34N6O6S/c1-7-24-21-20(14-28(8-2)27-21)36(32,33)29-13-17(12-25-15(3)30)34-19-10-9-16(11-18(19)29)26-22(31)35-23(4,5)6/h9-11,14,17H,7-8,12-13H2,1-6H3,(H,24,27)(H,25,30)(H,26,31). The summed E-state index contributed by atoms with van der Waals surface area (Å²) in [5.74, 6) is 0.283. The molecule has 1 aromatic heterocycles. The normalized spacial score (nSPS) is 15.5. The van der Waals surface area contributed by atoms with Crippen molar-refractivity contribution in [2.45, 2.75) is 64.7 Å². The van der Waals surface area contributed by atoms with Crippen LogP contribution in [-0.2, 0) is 26.1 Å². The molecule has 0 bridgehead atoms. The van der Waals surface area contributed by atoms with Crippen LogP contribution >= 0.6 is 0 Å². The van der Waals surface area contributed by atoms with E-state index in [9.17, 15) is 18.0 Å². The summed E-state index contributed by atoms with van der Waals surface area (Å²) in [4.78, 5) is 23.8. The van der Waals surface area contributed by atoms with E-state index in [0.29, 0.717) is 24.5 Å². The van der Waals surface area contributed by atoms with Gasteiger partial charge in [-0.1, -0.05) is 0 Å². The molecule has 1 atom stereocenters. The van der Waals surface area contributed by atoms with Crippen LogP contribution < -0.4 is 25.0 Å². The number of carbonyl (C=O) groups excluding carboxylic acids is 2. The second-order valence-corrected chi connectivity index (χ2v) is 11.1. The van der Waals surface area contributed by atoms with E-state index in [2.05, 4.69) is 21.0 Å². The van der Waals surface area contributed by atoms with Crippen LogP contribution in [0.15, 0.2) is 29.3 Å². The van der Waals surface area contributed by atoms with Crippen LogP contribution in [0.5, 0.6) is 5.75 Å². The van der Waals surface area contributed by atoms with E-state index in [1.54, 1.807) is 37.6 Å². The molecule has 1 unspecified atom stereocenters. The maximum atomic E-state index is 14.0. The van der Waals surface area contributed by atoms with Crippen molar-refractivity contribution < 1.29 is 27.5 Å². The molecule has 2 aromatic rings. The topological polar surface area (TPSA) is 144 Å². The first-order valence-electron chi connectivity index (χ1n) is 11.7. The third kappa shape index (κ3) is 6.39. The predicted molar refractivity (Wildman–Crippen MR) is 136 cm³/mol. The van der Waals surface area contributed by atoms with Crippen LogP contribution in [0, 0.1) is 0 Å². The summed E-state index contributed by atoms with van der Waals surface area (Å²) in [5.41, 5.74) is -0.117. The molecule has 13 heteroatoms. The lowest BCUT2D eigenvalue weighted by atomic mass is 10.2. The number of nitrogens with zero attached hydrogens (tertiary/aromatic N) is 3. The van der Waals surface area contributed by atoms with Crippen molar-refractivity contribution >= 4 is 39.2 Å². The molecule has 0 saturated carbocycles. The first-order chi connectivity index (χ1) is 16.8. The minimum atomic E-state index is -4.11. The molecule has 0 radical (unpaired) electrons. The van der Waals surface area contributed by atoms with Crippen LogP contribution in [-0.4, -0.2) is 61.5 Å². The number of aromatic nitrogens is 2. The number of hydrogen-bond donors (Lipinski definition) is 3. The summed E-state index contributed by atoms with van der Waals surface area (Å²) >= 11 is 0. The molecule has 198 valence electrons. The number of ether oxygens (including phenoxy) is 2. The summed E-state index contributed by atoms with van der Waals surface area (Å²) in [6, 6.07) is 4.68. The van der Waals surface area contributed by atoms with E-state index < -0.39 is 27.8 Å². The minimum Gasteiger partial charge on any atom is -0.484 e. The molecule has 2 amide bonds. The van der Waals surface area contributed by atoms with Crippen molar-refractivity contribution in [3.8, 4) is 5.75 Å². The molecule has 36 heavy (non-hydrogen) atoms. The van der Waals surface area contributed by atoms with Crippen molar-refractivity contribution in [2.24, 2.45) is 0 Å². The largest absolute Gasteiger partial charge is 0.484 e. The number of nitrogens with one attached hydrogen (secondary N) is 3.